The fourth-order valence-electron chi connectivity index (χ4n) is 2.01. The minimum atomic E-state index is -0.134. The van der Waals surface area contributed by atoms with Crippen molar-refractivity contribution in [2.75, 3.05) is 19.7 Å². The van der Waals surface area contributed by atoms with Gasteiger partial charge in [0.25, 0.3) is 5.91 Å². The number of benzene rings is 1. The molecule has 1 aliphatic rings. The van der Waals surface area contributed by atoms with Crippen LogP contribution >= 0.6 is 35.6 Å². The molecule has 0 spiro atoms. The zero-order valence-electron chi connectivity index (χ0n) is 10.8. The van der Waals surface area contributed by atoms with Gasteiger partial charge in [0.2, 0.25) is 0 Å². The molecule has 1 atom stereocenters. The Morgan fingerprint density at radius 1 is 1.35 bits per heavy atom. The Bertz CT molecular complexity index is 431. The number of nitrogens with one attached hydrogen (secondary N) is 2. The first-order valence-electron chi connectivity index (χ1n) is 6.22. The summed E-state index contributed by atoms with van der Waals surface area (Å²) in [5.74, 6) is 0.360. The molecule has 0 bridgehead atoms. The molecule has 20 heavy (non-hydrogen) atoms. The molecule has 0 saturated carbocycles. The van der Waals surface area contributed by atoms with E-state index in [4.69, 9.17) is 27.9 Å². The number of halogens is 3. The molecule has 1 heterocycles. The van der Waals surface area contributed by atoms with E-state index in [9.17, 15) is 4.79 Å². The van der Waals surface area contributed by atoms with Crippen LogP contribution in [-0.4, -0.2) is 31.6 Å². The van der Waals surface area contributed by atoms with Crippen molar-refractivity contribution in [1.82, 2.24) is 10.6 Å². The largest absolute Gasteiger partial charge is 0.484 e. The first-order valence-corrected chi connectivity index (χ1v) is 6.98. The summed E-state index contributed by atoms with van der Waals surface area (Å²) in [5.41, 5.74) is 0. The van der Waals surface area contributed by atoms with Crippen LogP contribution < -0.4 is 15.4 Å². The highest BCUT2D eigenvalue weighted by molar-refractivity contribution is 6.34. The maximum Gasteiger partial charge on any atom is 0.258 e. The maximum absolute atomic E-state index is 11.7. The predicted molar refractivity (Wildman–Crippen MR) is 83.2 cm³/mol. The van der Waals surface area contributed by atoms with E-state index in [0.717, 1.165) is 25.9 Å². The third-order valence-electron chi connectivity index (χ3n) is 2.87. The summed E-state index contributed by atoms with van der Waals surface area (Å²) >= 11 is 11.7. The van der Waals surface area contributed by atoms with Gasteiger partial charge in [-0.05, 0) is 37.6 Å². The van der Waals surface area contributed by atoms with Gasteiger partial charge in [0, 0.05) is 22.6 Å². The van der Waals surface area contributed by atoms with E-state index in [1.54, 1.807) is 18.2 Å². The van der Waals surface area contributed by atoms with Crippen molar-refractivity contribution >= 4 is 41.5 Å². The van der Waals surface area contributed by atoms with Gasteiger partial charge in [-0.15, -0.1) is 12.4 Å². The number of piperidine rings is 1. The third-order valence-corrected chi connectivity index (χ3v) is 3.30. The van der Waals surface area contributed by atoms with Crippen LogP contribution in [0.3, 0.4) is 0 Å². The van der Waals surface area contributed by atoms with Gasteiger partial charge in [-0.25, -0.2) is 0 Å². The standard InChI is InChI=1S/C13H16Cl2N2O2.ClH/c14-9-4-10(15)6-12(5-9)19-8-13(18)17-11-2-1-3-16-7-11;/h4-6,11,16H,1-3,7-8H2,(H,17,18);1H/t11-;/m0./s1. The smallest absolute Gasteiger partial charge is 0.258 e. The summed E-state index contributed by atoms with van der Waals surface area (Å²) in [5, 5.41) is 7.14. The number of carbonyl (C=O) groups is 1. The number of hydrogen-bond donors (Lipinski definition) is 2. The summed E-state index contributed by atoms with van der Waals surface area (Å²) < 4.78 is 5.37. The molecule has 0 aliphatic carbocycles. The van der Waals surface area contributed by atoms with Gasteiger partial charge >= 0.3 is 0 Å². The summed E-state index contributed by atoms with van der Waals surface area (Å²) in [6.45, 7) is 1.80. The second-order valence-electron chi connectivity index (χ2n) is 4.50. The molecular weight excluding hydrogens is 323 g/mol. The van der Waals surface area contributed by atoms with Gasteiger partial charge in [0.15, 0.2) is 6.61 Å². The van der Waals surface area contributed by atoms with Gasteiger partial charge in [0.05, 0.1) is 0 Å². The Balaban J connectivity index is 0.00000200. The molecule has 1 aliphatic heterocycles. The van der Waals surface area contributed by atoms with E-state index < -0.39 is 0 Å². The molecule has 1 fully saturated rings. The molecule has 2 rings (SSSR count). The Kier molecular flexibility index (Phi) is 7.45. The zero-order chi connectivity index (χ0) is 13.7. The molecular formula is C13H17Cl3N2O2. The summed E-state index contributed by atoms with van der Waals surface area (Å²) in [6.07, 6.45) is 2.08. The van der Waals surface area contributed by atoms with Gasteiger partial charge in [0.1, 0.15) is 5.75 Å². The highest BCUT2D eigenvalue weighted by Gasteiger charge is 2.15. The van der Waals surface area contributed by atoms with Crippen LogP contribution in [0.1, 0.15) is 12.8 Å². The molecule has 0 radical (unpaired) electrons. The minimum Gasteiger partial charge on any atom is -0.484 e. The van der Waals surface area contributed by atoms with Crippen LogP contribution in [0.2, 0.25) is 10.0 Å². The minimum absolute atomic E-state index is 0. The highest BCUT2D eigenvalue weighted by Crippen LogP contribution is 2.23. The van der Waals surface area contributed by atoms with Crippen LogP contribution in [-0.2, 0) is 4.79 Å². The summed E-state index contributed by atoms with van der Waals surface area (Å²) in [6, 6.07) is 5.06. The average Bonchev–Trinajstić information content (AvgIpc) is 2.36. The third kappa shape index (κ3) is 5.75. The number of ether oxygens (including phenoxy) is 1. The van der Waals surface area contributed by atoms with Crippen molar-refractivity contribution in [2.45, 2.75) is 18.9 Å². The highest BCUT2D eigenvalue weighted by atomic mass is 35.5. The molecule has 0 unspecified atom stereocenters. The fourth-order valence-corrected chi connectivity index (χ4v) is 2.51. The molecule has 1 aromatic carbocycles. The fraction of sp³-hybridized carbons (Fsp3) is 0.462. The van der Waals surface area contributed by atoms with Gasteiger partial charge in [-0.1, -0.05) is 23.2 Å². The predicted octanol–water partition coefficient (Wildman–Crippen LogP) is 2.66. The molecule has 112 valence electrons. The van der Waals surface area contributed by atoms with E-state index in [2.05, 4.69) is 10.6 Å². The average molecular weight is 340 g/mol. The molecule has 0 aromatic heterocycles. The Morgan fingerprint density at radius 3 is 2.65 bits per heavy atom. The lowest BCUT2D eigenvalue weighted by Gasteiger charge is -2.23. The van der Waals surface area contributed by atoms with Crippen molar-refractivity contribution in [2.24, 2.45) is 0 Å². The van der Waals surface area contributed by atoms with Crippen molar-refractivity contribution in [1.29, 1.82) is 0 Å². The zero-order valence-corrected chi connectivity index (χ0v) is 13.2. The molecule has 1 aromatic rings. The van der Waals surface area contributed by atoms with Crippen molar-refractivity contribution in [3.05, 3.63) is 28.2 Å². The quantitative estimate of drug-likeness (QED) is 0.887. The number of rotatable bonds is 4. The SMILES string of the molecule is Cl.O=C(COc1cc(Cl)cc(Cl)c1)N[C@H]1CCCNC1. The van der Waals surface area contributed by atoms with Crippen molar-refractivity contribution < 1.29 is 9.53 Å². The Hall–Kier alpha value is -0.680. The Labute approximate surface area is 134 Å². The van der Waals surface area contributed by atoms with Crippen LogP contribution in [0.4, 0.5) is 0 Å². The normalized spacial score (nSPS) is 18.0. The van der Waals surface area contributed by atoms with Crippen molar-refractivity contribution in [3.63, 3.8) is 0 Å². The topological polar surface area (TPSA) is 50.4 Å². The number of amides is 1. The summed E-state index contributed by atoms with van der Waals surface area (Å²) in [7, 11) is 0. The molecule has 7 heteroatoms. The molecule has 4 nitrogen and oxygen atoms in total. The molecule has 1 amide bonds. The molecule has 1 saturated heterocycles. The maximum atomic E-state index is 11.7. The second kappa shape index (κ2) is 8.57. The lowest BCUT2D eigenvalue weighted by Crippen LogP contribution is -2.46. The van der Waals surface area contributed by atoms with E-state index in [1.807, 2.05) is 0 Å². The van der Waals surface area contributed by atoms with Crippen LogP contribution in [0.15, 0.2) is 18.2 Å². The van der Waals surface area contributed by atoms with Gasteiger partial charge in [-0.3, -0.25) is 4.79 Å². The second-order valence-corrected chi connectivity index (χ2v) is 5.38. The molecule has 2 N–H and O–H groups in total. The lowest BCUT2D eigenvalue weighted by molar-refractivity contribution is -0.123. The van der Waals surface area contributed by atoms with Gasteiger partial charge in [-0.2, -0.15) is 0 Å². The first-order chi connectivity index (χ1) is 9.13. The Morgan fingerprint density at radius 2 is 2.05 bits per heavy atom. The van der Waals surface area contributed by atoms with E-state index in [-0.39, 0.29) is 31.0 Å². The van der Waals surface area contributed by atoms with Crippen LogP contribution in [0.25, 0.3) is 0 Å². The van der Waals surface area contributed by atoms with E-state index >= 15 is 0 Å². The van der Waals surface area contributed by atoms with Crippen LogP contribution in [0, 0.1) is 0 Å². The summed E-state index contributed by atoms with van der Waals surface area (Å²) in [4.78, 5) is 11.7. The number of carbonyl (C=O) groups excluding carboxylic acids is 1. The van der Waals surface area contributed by atoms with E-state index in [1.165, 1.54) is 0 Å². The first kappa shape index (κ1) is 17.4. The van der Waals surface area contributed by atoms with Crippen LogP contribution in [0.5, 0.6) is 5.75 Å². The van der Waals surface area contributed by atoms with E-state index in [0.29, 0.717) is 15.8 Å². The lowest BCUT2D eigenvalue weighted by atomic mass is 10.1. The number of hydrogen-bond acceptors (Lipinski definition) is 3. The monoisotopic (exact) mass is 338 g/mol. The van der Waals surface area contributed by atoms with Gasteiger partial charge < -0.3 is 15.4 Å². The van der Waals surface area contributed by atoms with Crippen molar-refractivity contribution in [3.8, 4) is 5.75 Å².